The highest BCUT2D eigenvalue weighted by Crippen LogP contribution is 2.36. The fourth-order valence-electron chi connectivity index (χ4n) is 2.86. The Balaban J connectivity index is 2.15. The SMILES string of the molecule is COC(=O)C1=C(C)N(c2ccc(Br)cc2)C(=O)/C1=C\c1ccc(Cl)cc1Cl. The lowest BCUT2D eigenvalue weighted by atomic mass is 10.0. The van der Waals surface area contributed by atoms with Gasteiger partial charge >= 0.3 is 5.97 Å². The van der Waals surface area contributed by atoms with Crippen molar-refractivity contribution < 1.29 is 14.3 Å². The van der Waals surface area contributed by atoms with Crippen LogP contribution in [0.2, 0.25) is 10.0 Å². The quantitative estimate of drug-likeness (QED) is 0.434. The molecule has 3 rings (SSSR count). The lowest BCUT2D eigenvalue weighted by molar-refractivity contribution is -0.136. The zero-order valence-corrected chi connectivity index (χ0v) is 17.5. The first-order chi connectivity index (χ1) is 12.8. The molecule has 0 spiro atoms. The summed E-state index contributed by atoms with van der Waals surface area (Å²) in [6, 6.07) is 12.2. The van der Waals surface area contributed by atoms with Gasteiger partial charge in [0.2, 0.25) is 0 Å². The number of ether oxygens (including phenoxy) is 1. The number of hydrogen-bond acceptors (Lipinski definition) is 3. The molecule has 0 bridgehead atoms. The summed E-state index contributed by atoms with van der Waals surface area (Å²) in [7, 11) is 1.28. The normalized spacial score (nSPS) is 15.7. The lowest BCUT2D eigenvalue weighted by Gasteiger charge is -2.18. The number of rotatable bonds is 3. The average molecular weight is 467 g/mol. The van der Waals surface area contributed by atoms with Crippen LogP contribution in [0.25, 0.3) is 6.08 Å². The highest BCUT2D eigenvalue weighted by molar-refractivity contribution is 9.10. The summed E-state index contributed by atoms with van der Waals surface area (Å²) in [6.45, 7) is 1.70. The Hall–Kier alpha value is -2.08. The molecule has 0 fully saturated rings. The van der Waals surface area contributed by atoms with E-state index in [2.05, 4.69) is 15.9 Å². The molecule has 0 unspecified atom stereocenters. The van der Waals surface area contributed by atoms with E-state index < -0.39 is 5.97 Å². The van der Waals surface area contributed by atoms with Gasteiger partial charge in [-0.3, -0.25) is 9.69 Å². The fraction of sp³-hybridized carbons (Fsp3) is 0.100. The largest absolute Gasteiger partial charge is 0.465 e. The van der Waals surface area contributed by atoms with Crippen LogP contribution >= 0.6 is 39.1 Å². The predicted molar refractivity (Wildman–Crippen MR) is 111 cm³/mol. The molecule has 27 heavy (non-hydrogen) atoms. The number of hydrogen-bond donors (Lipinski definition) is 0. The molecule has 1 amide bonds. The van der Waals surface area contributed by atoms with Crippen molar-refractivity contribution in [3.63, 3.8) is 0 Å². The number of carbonyl (C=O) groups excluding carboxylic acids is 2. The van der Waals surface area contributed by atoms with Gasteiger partial charge in [-0.1, -0.05) is 45.2 Å². The van der Waals surface area contributed by atoms with Crippen molar-refractivity contribution in [2.24, 2.45) is 0 Å². The van der Waals surface area contributed by atoms with Gasteiger partial charge in [0.05, 0.1) is 18.3 Å². The molecule has 2 aromatic carbocycles. The highest BCUT2D eigenvalue weighted by atomic mass is 79.9. The number of carbonyl (C=O) groups is 2. The Bertz CT molecular complexity index is 997. The second-order valence-corrected chi connectivity index (χ2v) is 7.55. The lowest BCUT2D eigenvalue weighted by Crippen LogP contribution is -2.24. The standard InChI is InChI=1S/C20H14BrCl2NO3/c1-11-18(20(26)27-2)16(9-12-3-6-14(22)10-17(12)23)19(25)24(11)15-7-4-13(21)5-8-15/h3-10H,1-2H3/b16-9-. The molecule has 0 radical (unpaired) electrons. The van der Waals surface area contributed by atoms with E-state index in [1.807, 2.05) is 12.1 Å². The summed E-state index contributed by atoms with van der Waals surface area (Å²) in [6.07, 6.45) is 1.58. The summed E-state index contributed by atoms with van der Waals surface area (Å²) in [5, 5.41) is 0.864. The van der Waals surface area contributed by atoms with Crippen LogP contribution < -0.4 is 4.90 Å². The van der Waals surface area contributed by atoms with Gasteiger partial charge in [0, 0.05) is 25.9 Å². The fourth-order valence-corrected chi connectivity index (χ4v) is 3.58. The highest BCUT2D eigenvalue weighted by Gasteiger charge is 2.37. The van der Waals surface area contributed by atoms with Crippen molar-refractivity contribution in [1.29, 1.82) is 0 Å². The molecule has 0 atom stereocenters. The zero-order valence-electron chi connectivity index (χ0n) is 14.4. The molecule has 1 aliphatic heterocycles. The van der Waals surface area contributed by atoms with E-state index in [0.29, 0.717) is 27.0 Å². The predicted octanol–water partition coefficient (Wildman–Crippen LogP) is 5.63. The summed E-state index contributed by atoms with van der Waals surface area (Å²) in [5.41, 5.74) is 2.14. The van der Waals surface area contributed by atoms with Crippen LogP contribution in [0.3, 0.4) is 0 Å². The third-order valence-corrected chi connectivity index (χ3v) is 5.23. The molecular weight excluding hydrogens is 453 g/mol. The van der Waals surface area contributed by atoms with E-state index in [1.165, 1.54) is 12.0 Å². The summed E-state index contributed by atoms with van der Waals surface area (Å²) >= 11 is 15.5. The molecule has 2 aromatic rings. The minimum absolute atomic E-state index is 0.205. The van der Waals surface area contributed by atoms with E-state index in [0.717, 1.165) is 4.47 Å². The van der Waals surface area contributed by atoms with Crippen LogP contribution in [0.1, 0.15) is 12.5 Å². The number of nitrogens with zero attached hydrogens (tertiary/aromatic N) is 1. The Morgan fingerprint density at radius 3 is 2.41 bits per heavy atom. The molecule has 1 heterocycles. The maximum atomic E-state index is 13.1. The molecule has 0 saturated heterocycles. The first-order valence-electron chi connectivity index (χ1n) is 7.90. The molecule has 0 aliphatic carbocycles. The van der Waals surface area contributed by atoms with E-state index in [9.17, 15) is 9.59 Å². The Morgan fingerprint density at radius 1 is 1.15 bits per heavy atom. The first kappa shape index (κ1) is 19.7. The molecule has 1 aliphatic rings. The average Bonchev–Trinajstić information content (AvgIpc) is 2.88. The maximum Gasteiger partial charge on any atom is 0.340 e. The number of methoxy groups -OCH3 is 1. The van der Waals surface area contributed by atoms with Crippen molar-refractivity contribution >= 4 is 62.8 Å². The van der Waals surface area contributed by atoms with Crippen LogP contribution in [0, 0.1) is 0 Å². The third-order valence-electron chi connectivity index (χ3n) is 4.14. The second kappa shape index (κ2) is 7.89. The third kappa shape index (κ3) is 3.81. The molecule has 4 nitrogen and oxygen atoms in total. The van der Waals surface area contributed by atoms with E-state index >= 15 is 0 Å². The number of anilines is 1. The minimum Gasteiger partial charge on any atom is -0.465 e. The van der Waals surface area contributed by atoms with Crippen molar-refractivity contribution in [2.75, 3.05) is 12.0 Å². The molecule has 0 aromatic heterocycles. The topological polar surface area (TPSA) is 46.6 Å². The van der Waals surface area contributed by atoms with Gasteiger partial charge in [0.1, 0.15) is 0 Å². The van der Waals surface area contributed by atoms with Crippen LogP contribution in [0.15, 0.2) is 63.8 Å². The Labute approximate surface area is 175 Å². The van der Waals surface area contributed by atoms with Gasteiger partial charge in [-0.2, -0.15) is 0 Å². The van der Waals surface area contributed by atoms with Crippen LogP contribution in [0.4, 0.5) is 5.69 Å². The first-order valence-corrected chi connectivity index (χ1v) is 9.44. The van der Waals surface area contributed by atoms with Crippen molar-refractivity contribution in [3.8, 4) is 0 Å². The van der Waals surface area contributed by atoms with E-state index in [4.69, 9.17) is 27.9 Å². The maximum absolute atomic E-state index is 13.1. The van der Waals surface area contributed by atoms with Gasteiger partial charge in [0.25, 0.3) is 5.91 Å². The summed E-state index contributed by atoms with van der Waals surface area (Å²) in [5.74, 6) is -0.918. The smallest absolute Gasteiger partial charge is 0.340 e. The van der Waals surface area contributed by atoms with Crippen molar-refractivity contribution in [1.82, 2.24) is 0 Å². The van der Waals surface area contributed by atoms with Gasteiger partial charge in [-0.05, 0) is 55.0 Å². The van der Waals surface area contributed by atoms with Crippen LogP contribution in [-0.4, -0.2) is 19.0 Å². The number of halogens is 3. The Kier molecular flexibility index (Phi) is 5.75. The number of allylic oxidation sites excluding steroid dienone is 1. The zero-order chi connectivity index (χ0) is 19.7. The summed E-state index contributed by atoms with van der Waals surface area (Å²) in [4.78, 5) is 27.0. The van der Waals surface area contributed by atoms with Crippen molar-refractivity contribution in [2.45, 2.75) is 6.92 Å². The van der Waals surface area contributed by atoms with E-state index in [1.54, 1.807) is 43.3 Å². The Morgan fingerprint density at radius 2 is 1.81 bits per heavy atom. The van der Waals surface area contributed by atoms with Crippen molar-refractivity contribution in [3.05, 3.63) is 79.4 Å². The monoisotopic (exact) mass is 465 g/mol. The number of benzene rings is 2. The molecule has 0 N–H and O–H groups in total. The molecule has 0 saturated carbocycles. The van der Waals surface area contributed by atoms with Crippen LogP contribution in [0.5, 0.6) is 0 Å². The second-order valence-electron chi connectivity index (χ2n) is 5.79. The number of amides is 1. The van der Waals surface area contributed by atoms with Gasteiger partial charge in [-0.25, -0.2) is 4.79 Å². The van der Waals surface area contributed by atoms with Gasteiger partial charge in [-0.15, -0.1) is 0 Å². The summed E-state index contributed by atoms with van der Waals surface area (Å²) < 4.78 is 5.78. The molecule has 138 valence electrons. The minimum atomic E-state index is -0.586. The van der Waals surface area contributed by atoms with Gasteiger partial charge < -0.3 is 4.74 Å². The van der Waals surface area contributed by atoms with Crippen LogP contribution in [-0.2, 0) is 14.3 Å². The van der Waals surface area contributed by atoms with E-state index in [-0.39, 0.29) is 17.1 Å². The van der Waals surface area contributed by atoms with Gasteiger partial charge in [0.15, 0.2) is 0 Å². The molecule has 7 heteroatoms. The molecular formula is C20H14BrCl2NO3. The number of esters is 1.